The highest BCUT2D eigenvalue weighted by molar-refractivity contribution is 5.18. The molecule has 1 unspecified atom stereocenters. The van der Waals surface area contributed by atoms with E-state index in [2.05, 4.69) is 30.8 Å². The molecule has 10 atom stereocenters. The second-order valence-electron chi connectivity index (χ2n) is 17.7. The molecule has 1 fully saturated rings. The summed E-state index contributed by atoms with van der Waals surface area (Å²) in [6.45, 7) is 12.5. The van der Waals surface area contributed by atoms with Crippen LogP contribution in [0.2, 0.25) is 0 Å². The highest BCUT2D eigenvalue weighted by Gasteiger charge is 2.37. The van der Waals surface area contributed by atoms with E-state index in [-0.39, 0.29) is 42.7 Å². The van der Waals surface area contributed by atoms with Crippen LogP contribution in [0.1, 0.15) is 67.0 Å². The quantitative estimate of drug-likeness (QED) is 0.0638. The van der Waals surface area contributed by atoms with Gasteiger partial charge in [-0.25, -0.2) is 0 Å². The van der Waals surface area contributed by atoms with Gasteiger partial charge in [0, 0.05) is 6.42 Å². The van der Waals surface area contributed by atoms with Crippen molar-refractivity contribution < 1.29 is 48.1 Å². The Hall–Kier alpha value is -5.76. The largest absolute Gasteiger partial charge is 0.496 e. The lowest BCUT2D eigenvalue weighted by Gasteiger charge is -2.38. The number of hydrogen-bond donors (Lipinski definition) is 2. The van der Waals surface area contributed by atoms with Crippen LogP contribution in [-0.4, -0.2) is 71.4 Å². The Labute approximate surface area is 421 Å². The van der Waals surface area contributed by atoms with Gasteiger partial charge in [-0.3, -0.25) is 0 Å². The van der Waals surface area contributed by atoms with E-state index in [0.717, 1.165) is 33.4 Å². The molecule has 376 valence electrons. The smallest absolute Gasteiger partial charge is 0.157 e. The third-order valence-corrected chi connectivity index (χ3v) is 12.0. The summed E-state index contributed by atoms with van der Waals surface area (Å²) in [7, 11) is 0. The zero-order valence-corrected chi connectivity index (χ0v) is 41.4. The second kappa shape index (κ2) is 30.9. The summed E-state index contributed by atoms with van der Waals surface area (Å²) in [5, 5.41) is 20.0. The molecular formula is C61H72O10. The van der Waals surface area contributed by atoms with Gasteiger partial charge in [0.05, 0.1) is 70.3 Å². The molecule has 6 aromatic carbocycles. The molecule has 2 heterocycles. The van der Waals surface area contributed by atoms with E-state index < -0.39 is 18.5 Å². The fourth-order valence-electron chi connectivity index (χ4n) is 8.14. The Bertz CT molecular complexity index is 2320. The van der Waals surface area contributed by atoms with Crippen molar-refractivity contribution in [3.63, 3.8) is 0 Å². The van der Waals surface area contributed by atoms with Crippen molar-refractivity contribution in [2.24, 2.45) is 0 Å². The predicted molar refractivity (Wildman–Crippen MR) is 277 cm³/mol. The van der Waals surface area contributed by atoms with E-state index in [1.807, 2.05) is 178 Å². The third kappa shape index (κ3) is 19.4. The summed E-state index contributed by atoms with van der Waals surface area (Å²) < 4.78 is 47.3. The van der Waals surface area contributed by atoms with Gasteiger partial charge in [-0.15, -0.1) is 6.58 Å². The molecule has 8 rings (SSSR count). The summed E-state index contributed by atoms with van der Waals surface area (Å²) in [5.74, 6) is 0. The first kappa shape index (κ1) is 54.6. The first-order valence-electron chi connectivity index (χ1n) is 24.6. The molecule has 2 aliphatic rings. The van der Waals surface area contributed by atoms with Crippen LogP contribution in [0.25, 0.3) is 0 Å². The summed E-state index contributed by atoms with van der Waals surface area (Å²) in [4.78, 5) is 0. The van der Waals surface area contributed by atoms with Gasteiger partial charge in [0.25, 0.3) is 0 Å². The van der Waals surface area contributed by atoms with Crippen LogP contribution in [0.4, 0.5) is 0 Å². The van der Waals surface area contributed by atoms with Crippen molar-refractivity contribution in [1.82, 2.24) is 0 Å². The normalized spacial score (nSPS) is 21.7. The van der Waals surface area contributed by atoms with Crippen LogP contribution in [0.3, 0.4) is 0 Å². The van der Waals surface area contributed by atoms with Crippen molar-refractivity contribution in [1.29, 1.82) is 0 Å². The van der Waals surface area contributed by atoms with Crippen LogP contribution < -0.4 is 0 Å². The van der Waals surface area contributed by atoms with Crippen molar-refractivity contribution in [3.05, 3.63) is 240 Å². The number of aliphatic hydroxyl groups is 2. The Morgan fingerprint density at radius 1 is 0.535 bits per heavy atom. The number of aliphatic hydroxyl groups excluding tert-OH is 2. The molecule has 71 heavy (non-hydrogen) atoms. The molecule has 0 bridgehead atoms. The molecule has 0 saturated carbocycles. The Morgan fingerprint density at radius 3 is 1.37 bits per heavy atom. The number of hydrogen-bond acceptors (Lipinski definition) is 10. The highest BCUT2D eigenvalue weighted by Crippen LogP contribution is 2.27. The zero-order valence-electron chi connectivity index (χ0n) is 41.4. The summed E-state index contributed by atoms with van der Waals surface area (Å²) >= 11 is 0. The minimum absolute atomic E-state index is 0.0375. The molecule has 0 amide bonds. The summed E-state index contributed by atoms with van der Waals surface area (Å²) in [5.41, 5.74) is 6.69. The maximum atomic E-state index is 10.1. The van der Waals surface area contributed by atoms with Crippen LogP contribution in [0.15, 0.2) is 207 Å². The molecule has 10 nitrogen and oxygen atoms in total. The third-order valence-electron chi connectivity index (χ3n) is 12.0. The minimum Gasteiger partial charge on any atom is -0.496 e. The van der Waals surface area contributed by atoms with E-state index in [1.54, 1.807) is 19.3 Å². The van der Waals surface area contributed by atoms with E-state index >= 15 is 0 Å². The molecule has 0 aromatic heterocycles. The Kier molecular flexibility index (Phi) is 23.7. The number of rotatable bonds is 22. The standard InChI is InChI=1S/C21H26O3.C20H24O4.C20H22O3/c1-3-10-20(23-15-18-11-6-4-7-12-18)21(17(2)22)24-16-19-13-8-5-9-14-19;1-15-20(23-14-17-10-6-3-7-11-17)18(12-19(21)24-15)22-13-16-8-4-2-5-9-16;1-16-20(23-15-18-10-6-3-7-11-18)19(12-13-21-16)22-14-17-8-4-2-5-9-17/h3-9,11-14,17,20-22H,1,10,15-16H2,2H3;2-11,15,18-21H,12-14H2,1H3;2-13,16,19-20H,14-15H2,1H3/t17-,20-,21-;15-,18-,19?,20-;16-,19-,20-/m000/s1. The van der Waals surface area contributed by atoms with Gasteiger partial charge in [0.15, 0.2) is 6.29 Å². The fraction of sp³-hybridized carbons (Fsp3) is 0.344. The minimum atomic E-state index is -0.808. The zero-order chi connectivity index (χ0) is 49.9. The number of benzene rings is 6. The summed E-state index contributed by atoms with van der Waals surface area (Å²) in [6, 6.07) is 60.3. The van der Waals surface area contributed by atoms with Crippen molar-refractivity contribution in [2.45, 2.75) is 134 Å². The van der Waals surface area contributed by atoms with Gasteiger partial charge in [-0.05, 0) is 66.6 Å². The molecule has 1 saturated heterocycles. The number of ether oxygens (including phenoxy) is 8. The average molecular weight is 965 g/mol. The van der Waals surface area contributed by atoms with E-state index in [9.17, 15) is 10.2 Å². The van der Waals surface area contributed by atoms with Gasteiger partial charge in [0.1, 0.15) is 30.5 Å². The van der Waals surface area contributed by atoms with E-state index in [4.69, 9.17) is 37.9 Å². The average Bonchev–Trinajstić information content (AvgIpc) is 3.40. The van der Waals surface area contributed by atoms with Crippen molar-refractivity contribution in [2.75, 3.05) is 0 Å². The molecule has 10 heteroatoms. The van der Waals surface area contributed by atoms with E-state index in [0.29, 0.717) is 52.5 Å². The lowest BCUT2D eigenvalue weighted by Crippen LogP contribution is -2.49. The van der Waals surface area contributed by atoms with Gasteiger partial charge in [0.2, 0.25) is 0 Å². The van der Waals surface area contributed by atoms with Crippen LogP contribution >= 0.6 is 0 Å². The van der Waals surface area contributed by atoms with Gasteiger partial charge in [-0.2, -0.15) is 0 Å². The van der Waals surface area contributed by atoms with Crippen LogP contribution in [-0.2, 0) is 77.5 Å². The fourth-order valence-corrected chi connectivity index (χ4v) is 8.14. The molecule has 0 radical (unpaired) electrons. The van der Waals surface area contributed by atoms with Gasteiger partial charge >= 0.3 is 0 Å². The molecule has 2 aliphatic heterocycles. The molecule has 0 aliphatic carbocycles. The van der Waals surface area contributed by atoms with Gasteiger partial charge in [-0.1, -0.05) is 188 Å². The van der Waals surface area contributed by atoms with E-state index in [1.165, 1.54) is 0 Å². The molecule has 0 spiro atoms. The van der Waals surface area contributed by atoms with Crippen molar-refractivity contribution in [3.8, 4) is 0 Å². The first-order chi connectivity index (χ1) is 34.7. The van der Waals surface area contributed by atoms with Gasteiger partial charge < -0.3 is 48.1 Å². The molecular weight excluding hydrogens is 893 g/mol. The van der Waals surface area contributed by atoms with Crippen LogP contribution in [0.5, 0.6) is 0 Å². The highest BCUT2D eigenvalue weighted by atomic mass is 16.6. The lowest BCUT2D eigenvalue weighted by molar-refractivity contribution is -0.251. The van der Waals surface area contributed by atoms with Crippen LogP contribution in [0, 0.1) is 0 Å². The molecule has 6 aromatic rings. The Balaban J connectivity index is 0.000000174. The molecule has 2 N–H and O–H groups in total. The lowest BCUT2D eigenvalue weighted by atomic mass is 10.0. The first-order valence-corrected chi connectivity index (χ1v) is 24.6. The predicted octanol–water partition coefficient (Wildman–Crippen LogP) is 11.5. The monoisotopic (exact) mass is 965 g/mol. The second-order valence-corrected chi connectivity index (χ2v) is 17.7. The maximum Gasteiger partial charge on any atom is 0.157 e. The SMILES string of the molecule is C=CC[C@H](OCc1ccccc1)[C@@H](OCc1ccccc1)[C@H](C)O.C[C@@H]1OC(O)C[C@H](OCc2ccccc2)[C@H]1OCc1ccccc1.C[C@@H]1OC=C[C@H](OCc2ccccc2)[C@H]1OCc1ccccc1. The summed E-state index contributed by atoms with van der Waals surface area (Å²) in [6.07, 6.45) is 3.48. The maximum absolute atomic E-state index is 10.1. The Morgan fingerprint density at radius 2 is 0.930 bits per heavy atom. The van der Waals surface area contributed by atoms with Crippen molar-refractivity contribution >= 4 is 0 Å². The topological polar surface area (TPSA) is 114 Å².